The molecule has 0 aromatic heterocycles. The molecule has 1 saturated carbocycles. The quantitative estimate of drug-likeness (QED) is 0.206. The SMILES string of the molecule is CN(C)C(=O)[C@@H](NC(=O)CNC(=O)C(=O)C(CC1COC1)NC(=O)[C@@H]1CCCN1C(=O)C(NC(=O)OC(C)(C)C)C1CCCCC1)c1ccccc1. The van der Waals surface area contributed by atoms with Gasteiger partial charge in [-0.05, 0) is 64.4 Å². The summed E-state index contributed by atoms with van der Waals surface area (Å²) < 4.78 is 10.7. The third-order valence-corrected chi connectivity index (χ3v) is 9.57. The number of likely N-dealkylation sites (N-methyl/N-ethyl adjacent to an activating group) is 1. The van der Waals surface area contributed by atoms with Gasteiger partial charge in [-0.25, -0.2) is 4.79 Å². The van der Waals surface area contributed by atoms with E-state index in [4.69, 9.17) is 9.47 Å². The third-order valence-electron chi connectivity index (χ3n) is 9.57. The molecule has 0 spiro atoms. The zero-order valence-corrected chi connectivity index (χ0v) is 30.9. The highest BCUT2D eigenvalue weighted by Gasteiger charge is 2.43. The maximum Gasteiger partial charge on any atom is 0.408 e. The van der Waals surface area contributed by atoms with Gasteiger partial charge in [0.15, 0.2) is 0 Å². The van der Waals surface area contributed by atoms with Gasteiger partial charge < -0.3 is 40.5 Å². The van der Waals surface area contributed by atoms with Crippen LogP contribution in [-0.2, 0) is 38.2 Å². The highest BCUT2D eigenvalue weighted by atomic mass is 16.6. The topological polar surface area (TPSA) is 193 Å². The van der Waals surface area contributed by atoms with E-state index in [9.17, 15) is 33.6 Å². The molecule has 6 amide bonds. The largest absolute Gasteiger partial charge is 0.444 e. The Balaban J connectivity index is 1.41. The first kappa shape index (κ1) is 40.2. The number of carbonyl (C=O) groups excluding carboxylic acids is 7. The number of alkyl carbamates (subject to hydrolysis) is 1. The fourth-order valence-corrected chi connectivity index (χ4v) is 6.83. The first-order valence-electron chi connectivity index (χ1n) is 18.2. The number of carbonyl (C=O) groups is 7. The number of nitrogens with one attached hydrogen (secondary N) is 4. The molecule has 0 bridgehead atoms. The van der Waals surface area contributed by atoms with Crippen LogP contribution < -0.4 is 21.3 Å². The molecule has 4 N–H and O–H groups in total. The molecule has 2 aliphatic heterocycles. The van der Waals surface area contributed by atoms with E-state index in [0.717, 1.165) is 32.1 Å². The lowest BCUT2D eigenvalue weighted by Gasteiger charge is -2.35. The average molecular weight is 727 g/mol. The van der Waals surface area contributed by atoms with Crippen molar-refractivity contribution in [1.82, 2.24) is 31.1 Å². The van der Waals surface area contributed by atoms with Crippen molar-refractivity contribution in [2.24, 2.45) is 11.8 Å². The van der Waals surface area contributed by atoms with Gasteiger partial charge in [-0.3, -0.25) is 28.8 Å². The van der Waals surface area contributed by atoms with Gasteiger partial charge in [-0.15, -0.1) is 0 Å². The second kappa shape index (κ2) is 18.3. The van der Waals surface area contributed by atoms with E-state index in [1.165, 1.54) is 9.80 Å². The Hall–Kier alpha value is -4.53. The molecule has 286 valence electrons. The normalized spacial score (nSPS) is 19.6. The molecule has 2 heterocycles. The summed E-state index contributed by atoms with van der Waals surface area (Å²) in [5.41, 5.74) is -0.216. The number of Topliss-reactive ketones (excluding diaryl/α,β-unsaturated/α-hetero) is 1. The average Bonchev–Trinajstić information content (AvgIpc) is 3.59. The zero-order chi connectivity index (χ0) is 38.0. The molecular weight excluding hydrogens is 672 g/mol. The maximum atomic E-state index is 14.1. The third kappa shape index (κ3) is 11.2. The second-order valence-electron chi connectivity index (χ2n) is 15.1. The minimum Gasteiger partial charge on any atom is -0.444 e. The van der Waals surface area contributed by atoms with Crippen molar-refractivity contribution in [1.29, 1.82) is 0 Å². The van der Waals surface area contributed by atoms with Gasteiger partial charge in [0.2, 0.25) is 29.4 Å². The van der Waals surface area contributed by atoms with Crippen LogP contribution in [0.25, 0.3) is 0 Å². The summed E-state index contributed by atoms with van der Waals surface area (Å²) >= 11 is 0. The van der Waals surface area contributed by atoms with Crippen molar-refractivity contribution in [3.05, 3.63) is 35.9 Å². The molecule has 15 nitrogen and oxygen atoms in total. The Kier molecular flexibility index (Phi) is 14.2. The molecule has 3 aliphatic rings. The lowest BCUT2D eigenvalue weighted by molar-refractivity contribution is -0.144. The van der Waals surface area contributed by atoms with Gasteiger partial charge in [-0.2, -0.15) is 0 Å². The van der Waals surface area contributed by atoms with Crippen LogP contribution in [-0.4, -0.2) is 115 Å². The van der Waals surface area contributed by atoms with Gasteiger partial charge in [0.05, 0.1) is 25.8 Å². The minimum atomic E-state index is -1.23. The van der Waals surface area contributed by atoms with Crippen LogP contribution in [0.1, 0.15) is 83.7 Å². The van der Waals surface area contributed by atoms with Crippen molar-refractivity contribution in [2.75, 3.05) is 40.4 Å². The molecule has 1 aliphatic carbocycles. The van der Waals surface area contributed by atoms with Crippen LogP contribution in [0, 0.1) is 11.8 Å². The van der Waals surface area contributed by atoms with Gasteiger partial charge in [-0.1, -0.05) is 49.6 Å². The van der Waals surface area contributed by atoms with Crippen molar-refractivity contribution in [3.63, 3.8) is 0 Å². The fourth-order valence-electron chi connectivity index (χ4n) is 6.83. The smallest absolute Gasteiger partial charge is 0.408 e. The number of nitrogens with zero attached hydrogens (tertiary/aromatic N) is 2. The molecule has 4 atom stereocenters. The number of hydrogen-bond acceptors (Lipinski definition) is 9. The minimum absolute atomic E-state index is 0.0796. The van der Waals surface area contributed by atoms with E-state index >= 15 is 0 Å². The number of ether oxygens (including phenoxy) is 2. The molecule has 1 aromatic rings. The summed E-state index contributed by atoms with van der Waals surface area (Å²) in [5.74, 6) is -4.24. The van der Waals surface area contributed by atoms with E-state index in [-0.39, 0.29) is 30.1 Å². The molecule has 2 unspecified atom stereocenters. The Morgan fingerprint density at radius 3 is 2.17 bits per heavy atom. The van der Waals surface area contributed by atoms with Crippen LogP contribution in [0.2, 0.25) is 0 Å². The zero-order valence-electron chi connectivity index (χ0n) is 30.9. The van der Waals surface area contributed by atoms with E-state index < -0.39 is 65.9 Å². The van der Waals surface area contributed by atoms with Crippen LogP contribution in [0.5, 0.6) is 0 Å². The highest BCUT2D eigenvalue weighted by molar-refractivity contribution is 6.38. The van der Waals surface area contributed by atoms with Crippen LogP contribution in [0.15, 0.2) is 30.3 Å². The fraction of sp³-hybridized carbons (Fsp3) is 0.649. The van der Waals surface area contributed by atoms with Crippen LogP contribution in [0.3, 0.4) is 0 Å². The van der Waals surface area contributed by atoms with E-state index in [2.05, 4.69) is 21.3 Å². The summed E-state index contributed by atoms with van der Waals surface area (Å²) in [5, 5.41) is 10.5. The predicted molar refractivity (Wildman–Crippen MR) is 189 cm³/mol. The van der Waals surface area contributed by atoms with Gasteiger partial charge in [0.1, 0.15) is 23.7 Å². The van der Waals surface area contributed by atoms with Crippen molar-refractivity contribution in [2.45, 2.75) is 102 Å². The van der Waals surface area contributed by atoms with Gasteiger partial charge >= 0.3 is 6.09 Å². The lowest BCUT2D eigenvalue weighted by Crippen LogP contribution is -2.58. The summed E-state index contributed by atoms with van der Waals surface area (Å²) in [4.78, 5) is 95.8. The summed E-state index contributed by atoms with van der Waals surface area (Å²) in [6.45, 7) is 5.65. The molecule has 15 heteroatoms. The molecule has 2 saturated heterocycles. The monoisotopic (exact) mass is 726 g/mol. The first-order valence-corrected chi connectivity index (χ1v) is 18.2. The number of rotatable bonds is 14. The molecule has 3 fully saturated rings. The Morgan fingerprint density at radius 2 is 1.58 bits per heavy atom. The number of benzene rings is 1. The van der Waals surface area contributed by atoms with E-state index in [1.807, 2.05) is 0 Å². The van der Waals surface area contributed by atoms with Gasteiger partial charge in [0, 0.05) is 26.6 Å². The van der Waals surface area contributed by atoms with Crippen molar-refractivity contribution >= 4 is 41.4 Å². The van der Waals surface area contributed by atoms with E-state index in [0.29, 0.717) is 38.2 Å². The Morgan fingerprint density at radius 1 is 0.904 bits per heavy atom. The Bertz CT molecular complexity index is 1450. The lowest BCUT2D eigenvalue weighted by atomic mass is 9.83. The van der Waals surface area contributed by atoms with Gasteiger partial charge in [0.25, 0.3) is 5.91 Å². The molecule has 0 radical (unpaired) electrons. The number of amides is 6. The van der Waals surface area contributed by atoms with Crippen molar-refractivity contribution < 1.29 is 43.0 Å². The molecule has 4 rings (SSSR count). The summed E-state index contributed by atoms with van der Waals surface area (Å²) in [6, 6.07) is 4.60. The summed E-state index contributed by atoms with van der Waals surface area (Å²) in [7, 11) is 3.12. The molecule has 52 heavy (non-hydrogen) atoms. The first-order chi connectivity index (χ1) is 24.6. The number of hydrogen-bond donors (Lipinski definition) is 4. The second-order valence-corrected chi connectivity index (χ2v) is 15.1. The van der Waals surface area contributed by atoms with E-state index in [1.54, 1.807) is 65.2 Å². The van der Waals surface area contributed by atoms with Crippen LogP contribution in [0.4, 0.5) is 4.79 Å². The standard InChI is InChI=1S/C37H54N6O9/c1-37(2,3)52-36(50)41-30(25-15-10-7-11-16-25)35(49)43-18-12-17-27(43)32(46)39-26(19-23-21-51-22-23)31(45)33(47)38-20-28(44)40-29(34(48)42(4)5)24-13-8-6-9-14-24/h6,8-9,13-14,23,25-27,29-30H,7,10-12,15-22H2,1-5H3,(H,38,47)(H,39,46)(H,40,44)(H,41,50)/t26?,27-,29-,30?/m0/s1. The highest BCUT2D eigenvalue weighted by Crippen LogP contribution is 2.30. The Labute approximate surface area is 305 Å². The molecule has 1 aromatic carbocycles. The predicted octanol–water partition coefficient (Wildman–Crippen LogP) is 1.60. The molecular formula is C37H54N6O9. The summed E-state index contributed by atoms with van der Waals surface area (Å²) in [6.07, 6.45) is 4.71. The van der Waals surface area contributed by atoms with Crippen LogP contribution >= 0.6 is 0 Å². The number of ketones is 1. The number of likely N-dealkylation sites (tertiary alicyclic amines) is 1. The maximum absolute atomic E-state index is 14.1. The van der Waals surface area contributed by atoms with Crippen molar-refractivity contribution in [3.8, 4) is 0 Å².